The molecule has 24 heavy (non-hydrogen) atoms. The third-order valence-electron chi connectivity index (χ3n) is 4.37. The van der Waals surface area contributed by atoms with E-state index in [1.807, 2.05) is 6.07 Å². The molecule has 0 fully saturated rings. The summed E-state index contributed by atoms with van der Waals surface area (Å²) in [6.45, 7) is 5.54. The molecule has 3 rings (SSSR count). The van der Waals surface area contributed by atoms with Crippen LogP contribution in [0.1, 0.15) is 59.5 Å². The normalized spacial score (nSPS) is 12.7. The number of Topliss-reactive ketones (excluding diaryl/α,β-unsaturated/α-hetero) is 4. The van der Waals surface area contributed by atoms with E-state index < -0.39 is 0 Å². The van der Waals surface area contributed by atoms with Crippen molar-refractivity contribution in [2.45, 2.75) is 27.7 Å². The summed E-state index contributed by atoms with van der Waals surface area (Å²) in [4.78, 5) is 48.9. The van der Waals surface area contributed by atoms with Crippen LogP contribution in [-0.2, 0) is 9.59 Å². The number of benzene rings is 2. The summed E-state index contributed by atoms with van der Waals surface area (Å²) in [5.74, 6) is -1.07. The first-order chi connectivity index (χ1) is 11.3. The zero-order chi connectivity index (χ0) is 17.8. The average molecular weight is 320 g/mol. The fourth-order valence-electron chi connectivity index (χ4n) is 3.54. The van der Waals surface area contributed by atoms with Crippen LogP contribution in [0.4, 0.5) is 0 Å². The van der Waals surface area contributed by atoms with E-state index in [2.05, 4.69) is 0 Å². The molecule has 0 aromatic heterocycles. The van der Waals surface area contributed by atoms with Gasteiger partial charge in [0.2, 0.25) is 0 Å². The molecular formula is C20H16O4. The van der Waals surface area contributed by atoms with Crippen LogP contribution >= 0.6 is 0 Å². The van der Waals surface area contributed by atoms with E-state index in [0.717, 1.165) is 5.39 Å². The van der Waals surface area contributed by atoms with Gasteiger partial charge in [0.15, 0.2) is 23.1 Å². The molecule has 1 aliphatic rings. The van der Waals surface area contributed by atoms with Gasteiger partial charge in [-0.1, -0.05) is 18.2 Å². The van der Waals surface area contributed by atoms with E-state index >= 15 is 0 Å². The minimum absolute atomic E-state index is 0.226. The largest absolute Gasteiger partial charge is 0.294 e. The molecule has 2 aromatic rings. The molecule has 120 valence electrons. The highest BCUT2D eigenvalue weighted by Gasteiger charge is 2.34. The van der Waals surface area contributed by atoms with Gasteiger partial charge in [-0.25, -0.2) is 0 Å². The third kappa shape index (κ3) is 2.07. The molecule has 0 atom stereocenters. The maximum atomic E-state index is 12.3. The topological polar surface area (TPSA) is 68.3 Å². The summed E-state index contributed by atoms with van der Waals surface area (Å²) in [7, 11) is 0. The summed E-state index contributed by atoms with van der Waals surface area (Å²) in [6, 6.07) is 7.04. The molecule has 4 heteroatoms. The van der Waals surface area contributed by atoms with E-state index in [-0.39, 0.29) is 39.8 Å². The molecule has 4 nitrogen and oxygen atoms in total. The maximum absolute atomic E-state index is 12.3. The number of hydrogen-bond donors (Lipinski definition) is 0. The molecule has 0 amide bonds. The Hall–Kier alpha value is -2.88. The van der Waals surface area contributed by atoms with Crippen LogP contribution in [0.5, 0.6) is 0 Å². The zero-order valence-corrected chi connectivity index (χ0v) is 13.9. The highest BCUT2D eigenvalue weighted by Crippen LogP contribution is 2.45. The van der Waals surface area contributed by atoms with E-state index in [1.54, 1.807) is 18.2 Å². The first-order valence-corrected chi connectivity index (χ1v) is 7.64. The van der Waals surface area contributed by atoms with Crippen molar-refractivity contribution in [1.29, 1.82) is 0 Å². The Bertz CT molecular complexity index is 1010. The van der Waals surface area contributed by atoms with Gasteiger partial charge in [-0.15, -0.1) is 0 Å². The second-order valence-corrected chi connectivity index (χ2v) is 6.05. The molecule has 0 aliphatic heterocycles. The molecule has 0 spiro atoms. The lowest BCUT2D eigenvalue weighted by Crippen LogP contribution is -2.10. The van der Waals surface area contributed by atoms with Gasteiger partial charge in [0.05, 0.1) is 0 Å². The summed E-state index contributed by atoms with van der Waals surface area (Å²) >= 11 is 0. The summed E-state index contributed by atoms with van der Waals surface area (Å²) in [5.41, 5.74) is 2.15. The number of carbonyl (C=O) groups excluding carboxylic acids is 4. The molecule has 0 radical (unpaired) electrons. The Morgan fingerprint density at radius 1 is 0.750 bits per heavy atom. The number of rotatable bonds is 4. The quantitative estimate of drug-likeness (QED) is 0.806. The molecule has 0 unspecified atom stereocenters. The van der Waals surface area contributed by atoms with Gasteiger partial charge >= 0.3 is 0 Å². The van der Waals surface area contributed by atoms with Crippen molar-refractivity contribution in [2.75, 3.05) is 0 Å². The van der Waals surface area contributed by atoms with Crippen LogP contribution in [0.15, 0.2) is 24.3 Å². The molecule has 0 saturated heterocycles. The van der Waals surface area contributed by atoms with Crippen LogP contribution in [0, 0.1) is 0 Å². The van der Waals surface area contributed by atoms with Crippen LogP contribution < -0.4 is 0 Å². The van der Waals surface area contributed by atoms with Crippen molar-refractivity contribution in [3.63, 3.8) is 0 Å². The lowest BCUT2D eigenvalue weighted by Gasteiger charge is -2.13. The standard InChI is InChI=1S/C20H16O4/c1-9(21)15-8-13-6-5-7-14-16(10(2)22)18(12(4)24)20(19(13)14)17(15)11(3)23/h5-8H,1-4H3. The minimum Gasteiger partial charge on any atom is -0.294 e. The lowest BCUT2D eigenvalue weighted by atomic mass is 9.88. The molecule has 2 aromatic carbocycles. The Labute approximate surface area is 139 Å². The fraction of sp³-hybridized carbons (Fsp3) is 0.200. The fourth-order valence-corrected chi connectivity index (χ4v) is 3.54. The molecule has 0 heterocycles. The van der Waals surface area contributed by atoms with Crippen LogP contribution in [-0.4, -0.2) is 23.1 Å². The number of ketones is 4. The Morgan fingerprint density at radius 3 is 1.88 bits per heavy atom. The third-order valence-corrected chi connectivity index (χ3v) is 4.37. The summed E-state index contributed by atoms with van der Waals surface area (Å²) in [5, 5.41) is 1.44. The van der Waals surface area contributed by atoms with Crippen molar-refractivity contribution < 1.29 is 19.2 Å². The van der Waals surface area contributed by atoms with Gasteiger partial charge in [-0.05, 0) is 50.1 Å². The van der Waals surface area contributed by atoms with Gasteiger partial charge in [0, 0.05) is 27.8 Å². The first-order valence-electron chi connectivity index (χ1n) is 7.64. The van der Waals surface area contributed by atoms with E-state index in [4.69, 9.17) is 0 Å². The van der Waals surface area contributed by atoms with Gasteiger partial charge in [-0.3, -0.25) is 19.2 Å². The van der Waals surface area contributed by atoms with E-state index in [1.165, 1.54) is 27.7 Å². The van der Waals surface area contributed by atoms with Crippen LogP contribution in [0.3, 0.4) is 0 Å². The van der Waals surface area contributed by atoms with Crippen molar-refractivity contribution in [1.82, 2.24) is 0 Å². The summed E-state index contributed by atoms with van der Waals surface area (Å²) in [6.07, 6.45) is 0. The predicted molar refractivity (Wildman–Crippen MR) is 92.1 cm³/mol. The number of allylic oxidation sites excluding steroid dienone is 2. The molecule has 0 saturated carbocycles. The summed E-state index contributed by atoms with van der Waals surface area (Å²) < 4.78 is 0. The van der Waals surface area contributed by atoms with Gasteiger partial charge in [0.1, 0.15) is 0 Å². The smallest absolute Gasteiger partial charge is 0.161 e. The van der Waals surface area contributed by atoms with Gasteiger partial charge < -0.3 is 0 Å². The second kappa shape index (κ2) is 5.34. The van der Waals surface area contributed by atoms with Gasteiger partial charge in [-0.2, -0.15) is 0 Å². The molecular weight excluding hydrogens is 304 g/mol. The lowest BCUT2D eigenvalue weighted by molar-refractivity contribution is -0.113. The van der Waals surface area contributed by atoms with Crippen molar-refractivity contribution in [3.05, 3.63) is 46.5 Å². The Kier molecular flexibility index (Phi) is 3.56. The SMILES string of the molecule is CC(=O)C1=C(C(C)=O)c2c(C(C)=O)c(C(C)=O)cc3cccc1c23. The first kappa shape index (κ1) is 16.0. The maximum Gasteiger partial charge on any atom is 0.161 e. The Morgan fingerprint density at radius 2 is 1.38 bits per heavy atom. The highest BCUT2D eigenvalue weighted by molar-refractivity contribution is 6.47. The number of carbonyl (C=O) groups is 4. The molecule has 0 bridgehead atoms. The van der Waals surface area contributed by atoms with Crippen LogP contribution in [0.2, 0.25) is 0 Å². The van der Waals surface area contributed by atoms with E-state index in [9.17, 15) is 19.2 Å². The highest BCUT2D eigenvalue weighted by atomic mass is 16.1. The predicted octanol–water partition coefficient (Wildman–Crippen LogP) is 3.65. The molecule has 1 aliphatic carbocycles. The average Bonchev–Trinajstić information content (AvgIpc) is 2.83. The zero-order valence-electron chi connectivity index (χ0n) is 13.9. The van der Waals surface area contributed by atoms with Crippen molar-refractivity contribution in [2.24, 2.45) is 0 Å². The monoisotopic (exact) mass is 320 g/mol. The second-order valence-electron chi connectivity index (χ2n) is 6.05. The molecule has 0 N–H and O–H groups in total. The van der Waals surface area contributed by atoms with Crippen LogP contribution in [0.25, 0.3) is 21.9 Å². The van der Waals surface area contributed by atoms with Crippen molar-refractivity contribution in [3.8, 4) is 0 Å². The number of hydrogen-bond acceptors (Lipinski definition) is 4. The Balaban J connectivity index is 2.64. The van der Waals surface area contributed by atoms with E-state index in [0.29, 0.717) is 22.1 Å². The minimum atomic E-state index is -0.296. The van der Waals surface area contributed by atoms with Crippen molar-refractivity contribution >= 4 is 45.1 Å². The van der Waals surface area contributed by atoms with Gasteiger partial charge in [0.25, 0.3) is 0 Å².